The van der Waals surface area contributed by atoms with Gasteiger partial charge in [-0.1, -0.05) is 6.92 Å². The molecule has 5 heteroatoms. The molecule has 2 heterocycles. The number of nitrogens with one attached hydrogen (secondary N) is 1. The lowest BCUT2D eigenvalue weighted by atomic mass is 9.96. The van der Waals surface area contributed by atoms with Gasteiger partial charge >= 0.3 is 0 Å². The van der Waals surface area contributed by atoms with Crippen LogP contribution in [-0.2, 0) is 13.0 Å². The first-order valence-corrected chi connectivity index (χ1v) is 7.93. The Morgan fingerprint density at radius 2 is 2.14 bits per heavy atom. The number of aromatic nitrogens is 3. The van der Waals surface area contributed by atoms with Gasteiger partial charge in [0.05, 0.1) is 0 Å². The van der Waals surface area contributed by atoms with Crippen molar-refractivity contribution in [1.29, 1.82) is 0 Å². The second kappa shape index (κ2) is 6.73. The molecule has 5 nitrogen and oxygen atoms in total. The summed E-state index contributed by atoms with van der Waals surface area (Å²) in [7, 11) is 0. The lowest BCUT2D eigenvalue weighted by Gasteiger charge is -2.25. The van der Waals surface area contributed by atoms with E-state index >= 15 is 0 Å². The van der Waals surface area contributed by atoms with E-state index in [1.807, 2.05) is 25.1 Å². The van der Waals surface area contributed by atoms with Crippen molar-refractivity contribution in [2.45, 2.75) is 52.2 Å². The fraction of sp³-hybridized carbons (Fsp3) is 0.471. The van der Waals surface area contributed by atoms with E-state index in [9.17, 15) is 0 Å². The highest BCUT2D eigenvalue weighted by Crippen LogP contribution is 2.24. The van der Waals surface area contributed by atoms with Crippen molar-refractivity contribution in [3.05, 3.63) is 41.5 Å². The zero-order valence-corrected chi connectivity index (χ0v) is 13.2. The van der Waals surface area contributed by atoms with Gasteiger partial charge in [-0.15, -0.1) is 0 Å². The lowest BCUT2D eigenvalue weighted by Crippen LogP contribution is -2.25. The Morgan fingerprint density at radius 1 is 1.27 bits per heavy atom. The number of hydrogen-bond donors (Lipinski definition) is 1. The highest BCUT2D eigenvalue weighted by Gasteiger charge is 2.19. The van der Waals surface area contributed by atoms with Gasteiger partial charge in [0.15, 0.2) is 0 Å². The van der Waals surface area contributed by atoms with E-state index in [-0.39, 0.29) is 0 Å². The van der Waals surface area contributed by atoms with Crippen molar-refractivity contribution < 1.29 is 4.74 Å². The number of pyridine rings is 1. The van der Waals surface area contributed by atoms with Crippen LogP contribution in [0.2, 0.25) is 0 Å². The summed E-state index contributed by atoms with van der Waals surface area (Å²) in [5, 5.41) is 3.35. The van der Waals surface area contributed by atoms with Crippen LogP contribution in [0.4, 0.5) is 5.82 Å². The number of ether oxygens (including phenoxy) is 1. The van der Waals surface area contributed by atoms with Crippen LogP contribution in [-0.4, -0.2) is 21.1 Å². The summed E-state index contributed by atoms with van der Waals surface area (Å²) >= 11 is 0. The normalized spacial score (nSPS) is 14.5. The molecule has 0 spiro atoms. The van der Waals surface area contributed by atoms with Crippen LogP contribution < -0.4 is 10.1 Å². The minimum atomic E-state index is 0.354. The summed E-state index contributed by atoms with van der Waals surface area (Å²) in [6, 6.07) is 6.00. The first-order chi connectivity index (χ1) is 10.7. The molecule has 0 saturated heterocycles. The van der Waals surface area contributed by atoms with Crippen LogP contribution in [0, 0.1) is 6.92 Å². The third-order valence-corrected chi connectivity index (χ3v) is 3.87. The van der Waals surface area contributed by atoms with Crippen LogP contribution in [0.1, 0.15) is 43.3 Å². The third kappa shape index (κ3) is 3.72. The number of anilines is 1. The smallest absolute Gasteiger partial charge is 0.213 e. The lowest BCUT2D eigenvalue weighted by molar-refractivity contribution is 0.114. The second-order valence-corrected chi connectivity index (χ2v) is 5.67. The highest BCUT2D eigenvalue weighted by atomic mass is 16.5. The summed E-state index contributed by atoms with van der Waals surface area (Å²) in [6.45, 7) is 4.71. The zero-order chi connectivity index (χ0) is 15.4. The minimum absolute atomic E-state index is 0.354. The van der Waals surface area contributed by atoms with Crippen LogP contribution in [0.3, 0.4) is 0 Å². The van der Waals surface area contributed by atoms with E-state index < -0.39 is 0 Å². The Bertz CT molecular complexity index is 640. The van der Waals surface area contributed by atoms with Crippen LogP contribution >= 0.6 is 0 Å². The van der Waals surface area contributed by atoms with Gasteiger partial charge in [-0.2, -0.15) is 0 Å². The van der Waals surface area contributed by atoms with Crippen molar-refractivity contribution in [3.63, 3.8) is 0 Å². The average Bonchev–Trinajstić information content (AvgIpc) is 2.49. The number of hydrogen-bond acceptors (Lipinski definition) is 5. The molecule has 0 aromatic carbocycles. The molecular formula is C17H22N4O. The van der Waals surface area contributed by atoms with E-state index in [0.29, 0.717) is 12.6 Å². The van der Waals surface area contributed by atoms with Crippen LogP contribution in [0.5, 0.6) is 5.88 Å². The molecule has 0 bridgehead atoms. The number of nitrogens with zero attached hydrogens (tertiary/aromatic N) is 3. The maximum Gasteiger partial charge on any atom is 0.213 e. The molecule has 1 saturated carbocycles. The Morgan fingerprint density at radius 3 is 2.86 bits per heavy atom. The van der Waals surface area contributed by atoms with Gasteiger partial charge in [0.2, 0.25) is 5.88 Å². The molecule has 0 unspecified atom stereocenters. The number of rotatable bonds is 6. The highest BCUT2D eigenvalue weighted by molar-refractivity contribution is 5.37. The predicted octanol–water partition coefficient (Wildman–Crippen LogP) is 3.29. The molecule has 116 valence electrons. The van der Waals surface area contributed by atoms with Gasteiger partial charge in [-0.3, -0.25) is 0 Å². The van der Waals surface area contributed by atoms with Gasteiger partial charge in [0.25, 0.3) is 0 Å². The van der Waals surface area contributed by atoms with Crippen molar-refractivity contribution >= 4 is 5.82 Å². The van der Waals surface area contributed by atoms with E-state index in [2.05, 4.69) is 27.2 Å². The van der Waals surface area contributed by atoms with E-state index in [1.165, 1.54) is 6.42 Å². The van der Waals surface area contributed by atoms with Crippen molar-refractivity contribution in [1.82, 2.24) is 15.0 Å². The fourth-order valence-corrected chi connectivity index (χ4v) is 2.38. The molecular weight excluding hydrogens is 276 g/mol. The summed E-state index contributed by atoms with van der Waals surface area (Å²) in [4.78, 5) is 13.1. The maximum absolute atomic E-state index is 5.83. The summed E-state index contributed by atoms with van der Waals surface area (Å²) in [5.41, 5.74) is 2.19. The molecule has 2 aromatic rings. The van der Waals surface area contributed by atoms with E-state index in [1.54, 1.807) is 6.20 Å². The zero-order valence-electron chi connectivity index (χ0n) is 13.2. The molecule has 0 aliphatic heterocycles. The first-order valence-electron chi connectivity index (χ1n) is 7.93. The quantitative estimate of drug-likeness (QED) is 0.886. The van der Waals surface area contributed by atoms with Gasteiger partial charge in [0.1, 0.15) is 17.7 Å². The number of aryl methyl sites for hydroxylation is 2. The Labute approximate surface area is 131 Å². The largest absolute Gasteiger partial charge is 0.474 e. The van der Waals surface area contributed by atoms with E-state index in [4.69, 9.17) is 4.74 Å². The fourth-order valence-electron chi connectivity index (χ4n) is 2.38. The predicted molar refractivity (Wildman–Crippen MR) is 86.0 cm³/mol. The van der Waals surface area contributed by atoms with Gasteiger partial charge < -0.3 is 10.1 Å². The summed E-state index contributed by atoms with van der Waals surface area (Å²) in [6.07, 6.45) is 6.61. The minimum Gasteiger partial charge on any atom is -0.474 e. The molecule has 1 N–H and O–H groups in total. The molecule has 2 aromatic heterocycles. The molecule has 0 atom stereocenters. The summed E-state index contributed by atoms with van der Waals surface area (Å²) < 4.78 is 5.83. The first kappa shape index (κ1) is 14.8. The van der Waals surface area contributed by atoms with Crippen LogP contribution in [0.15, 0.2) is 24.4 Å². The molecule has 22 heavy (non-hydrogen) atoms. The maximum atomic E-state index is 5.83. The Hall–Kier alpha value is -2.17. The summed E-state index contributed by atoms with van der Waals surface area (Å²) in [5.74, 6) is 2.38. The van der Waals surface area contributed by atoms with E-state index in [0.717, 1.165) is 48.0 Å². The second-order valence-electron chi connectivity index (χ2n) is 5.67. The van der Waals surface area contributed by atoms with Crippen molar-refractivity contribution in [2.24, 2.45) is 0 Å². The standard InChI is InChI=1S/C17H22N4O/c1-3-14-10-16(21-12(2)20-14)19-11-13-7-8-18-17(9-13)22-15-5-4-6-15/h7-10,15H,3-6,11H2,1-2H3,(H,19,20,21). The van der Waals surface area contributed by atoms with Crippen molar-refractivity contribution in [2.75, 3.05) is 5.32 Å². The van der Waals surface area contributed by atoms with Gasteiger partial charge in [-0.25, -0.2) is 15.0 Å². The third-order valence-electron chi connectivity index (χ3n) is 3.87. The average molecular weight is 298 g/mol. The van der Waals surface area contributed by atoms with Crippen molar-refractivity contribution in [3.8, 4) is 5.88 Å². The van der Waals surface area contributed by atoms with Crippen LogP contribution in [0.25, 0.3) is 0 Å². The molecule has 0 amide bonds. The Balaban J connectivity index is 1.63. The van der Waals surface area contributed by atoms with Gasteiger partial charge in [0, 0.05) is 30.6 Å². The molecule has 1 fully saturated rings. The SMILES string of the molecule is CCc1cc(NCc2ccnc(OC3CCC3)c2)nc(C)n1. The topological polar surface area (TPSA) is 59.9 Å². The molecule has 0 radical (unpaired) electrons. The van der Waals surface area contributed by atoms with Gasteiger partial charge in [-0.05, 0) is 44.2 Å². The monoisotopic (exact) mass is 298 g/mol. The molecule has 1 aliphatic carbocycles. The molecule has 3 rings (SSSR count). The Kier molecular flexibility index (Phi) is 4.51. The molecule has 1 aliphatic rings.